The third-order valence-electron chi connectivity index (χ3n) is 2.49. The monoisotopic (exact) mass is 191 g/mol. The fraction of sp³-hybridized carbons (Fsp3) is 1.00. The van der Waals surface area contributed by atoms with Gasteiger partial charge in [0.05, 0.1) is 5.75 Å². The van der Waals surface area contributed by atoms with Gasteiger partial charge in [0.15, 0.2) is 0 Å². The summed E-state index contributed by atoms with van der Waals surface area (Å²) in [5, 5.41) is 0. The van der Waals surface area contributed by atoms with Crippen molar-refractivity contribution in [2.24, 2.45) is 0 Å². The maximum Gasteiger partial charge on any atom is 0.214 e. The summed E-state index contributed by atoms with van der Waals surface area (Å²) in [5.74, 6) is 0.351. The summed E-state index contributed by atoms with van der Waals surface area (Å²) in [4.78, 5) is 0. The van der Waals surface area contributed by atoms with Crippen LogP contribution in [0.3, 0.4) is 0 Å². The van der Waals surface area contributed by atoms with Crippen LogP contribution in [0.4, 0.5) is 0 Å². The minimum absolute atomic E-state index is 0.234. The molecule has 0 atom stereocenters. The van der Waals surface area contributed by atoms with Gasteiger partial charge >= 0.3 is 0 Å². The van der Waals surface area contributed by atoms with Crippen LogP contribution in [0.2, 0.25) is 0 Å². The second-order valence-electron chi connectivity index (χ2n) is 3.25. The second kappa shape index (κ2) is 3.75. The SMILES string of the molecule is CCC(CC)N1CCCS1(=O)=O. The van der Waals surface area contributed by atoms with E-state index in [-0.39, 0.29) is 6.04 Å². The van der Waals surface area contributed by atoms with Crippen LogP contribution in [0.5, 0.6) is 0 Å². The molecule has 0 amide bonds. The lowest BCUT2D eigenvalue weighted by Crippen LogP contribution is -2.35. The van der Waals surface area contributed by atoms with Crippen LogP contribution in [0.1, 0.15) is 33.1 Å². The molecule has 1 heterocycles. The fourth-order valence-electron chi connectivity index (χ4n) is 1.76. The molecule has 0 bridgehead atoms. The number of rotatable bonds is 3. The van der Waals surface area contributed by atoms with Gasteiger partial charge in [0.25, 0.3) is 0 Å². The highest BCUT2D eigenvalue weighted by atomic mass is 32.2. The molecule has 0 radical (unpaired) electrons. The third-order valence-corrected chi connectivity index (χ3v) is 4.49. The molecule has 0 aromatic heterocycles. The molecule has 0 aromatic rings. The Hall–Kier alpha value is -0.0900. The van der Waals surface area contributed by atoms with E-state index in [1.54, 1.807) is 4.31 Å². The molecule has 1 saturated heterocycles. The van der Waals surface area contributed by atoms with Gasteiger partial charge in [0.2, 0.25) is 10.0 Å². The van der Waals surface area contributed by atoms with E-state index >= 15 is 0 Å². The van der Waals surface area contributed by atoms with E-state index in [0.717, 1.165) is 25.8 Å². The Morgan fingerprint density at radius 1 is 1.33 bits per heavy atom. The summed E-state index contributed by atoms with van der Waals surface area (Å²) in [7, 11) is -2.88. The molecule has 1 aliphatic heterocycles. The molecule has 0 saturated carbocycles. The third kappa shape index (κ3) is 1.80. The minimum atomic E-state index is -2.88. The molecular weight excluding hydrogens is 174 g/mol. The minimum Gasteiger partial charge on any atom is -0.212 e. The van der Waals surface area contributed by atoms with Crippen LogP contribution in [-0.4, -0.2) is 31.1 Å². The molecule has 12 heavy (non-hydrogen) atoms. The summed E-state index contributed by atoms with van der Waals surface area (Å²) in [6.07, 6.45) is 2.66. The Labute approximate surface area is 74.8 Å². The highest BCUT2D eigenvalue weighted by Crippen LogP contribution is 2.20. The normalized spacial score (nSPS) is 23.6. The molecule has 0 N–H and O–H groups in total. The van der Waals surface area contributed by atoms with Crippen LogP contribution < -0.4 is 0 Å². The van der Waals surface area contributed by atoms with Gasteiger partial charge in [-0.25, -0.2) is 8.42 Å². The van der Waals surface area contributed by atoms with Crippen molar-refractivity contribution < 1.29 is 8.42 Å². The van der Waals surface area contributed by atoms with Gasteiger partial charge in [0.1, 0.15) is 0 Å². The first kappa shape index (κ1) is 9.99. The summed E-state index contributed by atoms with van der Waals surface area (Å²) >= 11 is 0. The van der Waals surface area contributed by atoms with Crippen molar-refractivity contribution in [3.05, 3.63) is 0 Å². The Bertz CT molecular complexity index is 231. The highest BCUT2D eigenvalue weighted by Gasteiger charge is 2.32. The zero-order valence-electron chi connectivity index (χ0n) is 7.78. The number of nitrogens with zero attached hydrogens (tertiary/aromatic N) is 1. The van der Waals surface area contributed by atoms with E-state index in [4.69, 9.17) is 0 Å². The molecule has 0 aromatic carbocycles. The number of sulfonamides is 1. The van der Waals surface area contributed by atoms with Gasteiger partial charge in [0, 0.05) is 12.6 Å². The first-order valence-electron chi connectivity index (χ1n) is 4.61. The molecule has 0 unspecified atom stereocenters. The van der Waals surface area contributed by atoms with Crippen molar-refractivity contribution in [3.63, 3.8) is 0 Å². The van der Waals surface area contributed by atoms with Crippen molar-refractivity contribution in [2.75, 3.05) is 12.3 Å². The van der Waals surface area contributed by atoms with Crippen LogP contribution in [0, 0.1) is 0 Å². The van der Waals surface area contributed by atoms with Gasteiger partial charge < -0.3 is 0 Å². The van der Waals surface area contributed by atoms with Crippen molar-refractivity contribution in [2.45, 2.75) is 39.2 Å². The Kier molecular flexibility index (Phi) is 3.12. The topological polar surface area (TPSA) is 37.4 Å². The van der Waals surface area contributed by atoms with Gasteiger partial charge in [-0.3, -0.25) is 0 Å². The van der Waals surface area contributed by atoms with Crippen molar-refractivity contribution >= 4 is 10.0 Å². The summed E-state index contributed by atoms with van der Waals surface area (Å²) in [5.41, 5.74) is 0. The Morgan fingerprint density at radius 2 is 1.92 bits per heavy atom. The molecule has 0 aliphatic carbocycles. The lowest BCUT2D eigenvalue weighted by molar-refractivity contribution is 0.324. The van der Waals surface area contributed by atoms with Crippen molar-refractivity contribution in [1.82, 2.24) is 4.31 Å². The summed E-state index contributed by atoms with van der Waals surface area (Å²) in [6.45, 7) is 4.82. The molecule has 1 rings (SSSR count). The number of hydrogen-bond acceptors (Lipinski definition) is 2. The highest BCUT2D eigenvalue weighted by molar-refractivity contribution is 7.89. The van der Waals surface area contributed by atoms with E-state index in [0.29, 0.717) is 5.75 Å². The molecule has 0 spiro atoms. The fourth-order valence-corrected chi connectivity index (χ4v) is 3.65. The maximum atomic E-state index is 11.4. The molecule has 72 valence electrons. The summed E-state index contributed by atoms with van der Waals surface area (Å²) < 4.78 is 24.6. The first-order chi connectivity index (χ1) is 5.61. The number of hydrogen-bond donors (Lipinski definition) is 0. The Morgan fingerprint density at radius 3 is 2.25 bits per heavy atom. The average molecular weight is 191 g/mol. The van der Waals surface area contributed by atoms with Crippen molar-refractivity contribution in [3.8, 4) is 0 Å². The van der Waals surface area contributed by atoms with E-state index < -0.39 is 10.0 Å². The van der Waals surface area contributed by atoms with Gasteiger partial charge in [-0.2, -0.15) is 4.31 Å². The van der Waals surface area contributed by atoms with Gasteiger partial charge in [-0.05, 0) is 19.3 Å². The lowest BCUT2D eigenvalue weighted by Gasteiger charge is -2.23. The van der Waals surface area contributed by atoms with Crippen molar-refractivity contribution in [1.29, 1.82) is 0 Å². The van der Waals surface area contributed by atoms with Crippen LogP contribution >= 0.6 is 0 Å². The largest absolute Gasteiger partial charge is 0.214 e. The predicted molar refractivity (Wildman–Crippen MR) is 49.5 cm³/mol. The molecular formula is C8H17NO2S. The zero-order chi connectivity index (χ0) is 9.19. The first-order valence-corrected chi connectivity index (χ1v) is 6.22. The Balaban J connectivity index is 2.74. The maximum absolute atomic E-state index is 11.4. The average Bonchev–Trinajstić information content (AvgIpc) is 2.34. The quantitative estimate of drug-likeness (QED) is 0.672. The molecule has 1 aliphatic rings. The van der Waals surface area contributed by atoms with Crippen LogP contribution in [-0.2, 0) is 10.0 Å². The van der Waals surface area contributed by atoms with Gasteiger partial charge in [-0.1, -0.05) is 13.8 Å². The smallest absolute Gasteiger partial charge is 0.212 e. The molecule has 1 fully saturated rings. The second-order valence-corrected chi connectivity index (χ2v) is 5.29. The van der Waals surface area contributed by atoms with E-state index in [2.05, 4.69) is 0 Å². The summed E-state index contributed by atoms with van der Waals surface area (Å²) in [6, 6.07) is 0.234. The standard InChI is InChI=1S/C8H17NO2S/c1-3-8(4-2)9-6-5-7-12(9,10)11/h8H,3-7H2,1-2H3. The van der Waals surface area contributed by atoms with E-state index in [1.165, 1.54) is 0 Å². The lowest BCUT2D eigenvalue weighted by atomic mass is 10.2. The zero-order valence-corrected chi connectivity index (χ0v) is 8.60. The van der Waals surface area contributed by atoms with E-state index in [1.807, 2.05) is 13.8 Å². The molecule has 4 heteroatoms. The molecule has 3 nitrogen and oxygen atoms in total. The van der Waals surface area contributed by atoms with E-state index in [9.17, 15) is 8.42 Å². The van der Waals surface area contributed by atoms with Gasteiger partial charge in [-0.15, -0.1) is 0 Å². The van der Waals surface area contributed by atoms with Crippen LogP contribution in [0.25, 0.3) is 0 Å². The van der Waals surface area contributed by atoms with Crippen LogP contribution in [0.15, 0.2) is 0 Å². The predicted octanol–water partition coefficient (Wildman–Crippen LogP) is 1.21.